The monoisotopic (exact) mass is 235 g/mol. The molecule has 0 unspecified atom stereocenters. The summed E-state index contributed by atoms with van der Waals surface area (Å²) >= 11 is 0. The molecule has 0 aliphatic carbocycles. The first-order valence-corrected chi connectivity index (χ1v) is 6.29. The molecule has 0 saturated carbocycles. The van der Waals surface area contributed by atoms with E-state index in [1.165, 1.54) is 0 Å². The molecule has 1 saturated heterocycles. The SMILES string of the molecule is CC.CC(=O)N1CCC(c2ccncn2)CC1. The van der Waals surface area contributed by atoms with Crippen LogP contribution in [0.15, 0.2) is 18.6 Å². The Morgan fingerprint density at radius 3 is 2.47 bits per heavy atom. The van der Waals surface area contributed by atoms with Gasteiger partial charge < -0.3 is 4.90 Å². The molecule has 0 atom stereocenters. The summed E-state index contributed by atoms with van der Waals surface area (Å²) in [4.78, 5) is 21.2. The zero-order valence-corrected chi connectivity index (χ0v) is 10.9. The molecule has 17 heavy (non-hydrogen) atoms. The number of hydrogen-bond donors (Lipinski definition) is 0. The largest absolute Gasteiger partial charge is 0.343 e. The molecule has 4 nitrogen and oxygen atoms in total. The third-order valence-corrected chi connectivity index (χ3v) is 2.96. The Balaban J connectivity index is 0.000000686. The molecular weight excluding hydrogens is 214 g/mol. The lowest BCUT2D eigenvalue weighted by Gasteiger charge is -2.30. The molecule has 94 valence electrons. The van der Waals surface area contributed by atoms with E-state index in [0.29, 0.717) is 5.92 Å². The van der Waals surface area contributed by atoms with Gasteiger partial charge in [0, 0.05) is 37.8 Å². The van der Waals surface area contributed by atoms with E-state index in [-0.39, 0.29) is 5.91 Å². The lowest BCUT2D eigenvalue weighted by atomic mass is 9.93. The highest BCUT2D eigenvalue weighted by molar-refractivity contribution is 5.73. The minimum Gasteiger partial charge on any atom is -0.343 e. The van der Waals surface area contributed by atoms with E-state index in [2.05, 4.69) is 9.97 Å². The summed E-state index contributed by atoms with van der Waals surface area (Å²) in [6.07, 6.45) is 5.39. The molecule has 1 aliphatic rings. The van der Waals surface area contributed by atoms with Gasteiger partial charge in [-0.1, -0.05) is 13.8 Å². The average Bonchev–Trinajstić information content (AvgIpc) is 2.42. The van der Waals surface area contributed by atoms with Crippen LogP contribution in [0.4, 0.5) is 0 Å². The Hall–Kier alpha value is -1.45. The van der Waals surface area contributed by atoms with Crippen molar-refractivity contribution in [3.8, 4) is 0 Å². The Bertz CT molecular complexity index is 332. The van der Waals surface area contributed by atoms with Gasteiger partial charge in [-0.05, 0) is 18.9 Å². The van der Waals surface area contributed by atoms with Gasteiger partial charge in [-0.2, -0.15) is 0 Å². The van der Waals surface area contributed by atoms with Gasteiger partial charge in [0.1, 0.15) is 6.33 Å². The van der Waals surface area contributed by atoms with Gasteiger partial charge >= 0.3 is 0 Å². The lowest BCUT2D eigenvalue weighted by molar-refractivity contribution is -0.129. The van der Waals surface area contributed by atoms with Gasteiger partial charge in [0.05, 0.1) is 0 Å². The molecule has 1 amide bonds. The van der Waals surface area contributed by atoms with Crippen LogP contribution in [0.2, 0.25) is 0 Å². The molecular formula is C13H21N3O. The van der Waals surface area contributed by atoms with Crippen LogP contribution in [0.25, 0.3) is 0 Å². The van der Waals surface area contributed by atoms with Crippen molar-refractivity contribution in [3.05, 3.63) is 24.3 Å². The predicted molar refractivity (Wildman–Crippen MR) is 67.6 cm³/mol. The summed E-state index contributed by atoms with van der Waals surface area (Å²) in [5, 5.41) is 0. The quantitative estimate of drug-likeness (QED) is 0.750. The fourth-order valence-electron chi connectivity index (χ4n) is 2.03. The molecule has 2 rings (SSSR count). The number of hydrogen-bond acceptors (Lipinski definition) is 3. The first kappa shape index (κ1) is 13.6. The fourth-order valence-corrected chi connectivity index (χ4v) is 2.03. The molecule has 0 radical (unpaired) electrons. The third kappa shape index (κ3) is 3.80. The minimum absolute atomic E-state index is 0.177. The van der Waals surface area contributed by atoms with Crippen LogP contribution in [-0.4, -0.2) is 33.9 Å². The van der Waals surface area contributed by atoms with E-state index in [1.54, 1.807) is 19.4 Å². The molecule has 0 N–H and O–H groups in total. The number of rotatable bonds is 1. The second-order valence-electron chi connectivity index (χ2n) is 3.91. The smallest absolute Gasteiger partial charge is 0.219 e. The third-order valence-electron chi connectivity index (χ3n) is 2.96. The summed E-state index contributed by atoms with van der Waals surface area (Å²) in [6, 6.07) is 1.97. The number of carbonyl (C=O) groups is 1. The molecule has 0 aromatic carbocycles. The Morgan fingerprint density at radius 1 is 1.35 bits per heavy atom. The van der Waals surface area contributed by atoms with Crippen LogP contribution in [0, 0.1) is 0 Å². The summed E-state index contributed by atoms with van der Waals surface area (Å²) in [5.74, 6) is 0.666. The van der Waals surface area contributed by atoms with Gasteiger partial charge in [-0.25, -0.2) is 9.97 Å². The Labute approximate surface area is 103 Å². The molecule has 1 aromatic heterocycles. The summed E-state index contributed by atoms with van der Waals surface area (Å²) in [5.41, 5.74) is 1.10. The van der Waals surface area contributed by atoms with Crippen molar-refractivity contribution in [1.29, 1.82) is 0 Å². The van der Waals surface area contributed by atoms with Crippen LogP contribution in [0.1, 0.15) is 45.2 Å². The van der Waals surface area contributed by atoms with Crippen molar-refractivity contribution in [1.82, 2.24) is 14.9 Å². The first-order valence-electron chi connectivity index (χ1n) is 6.29. The number of piperidine rings is 1. The van der Waals surface area contributed by atoms with Crippen molar-refractivity contribution >= 4 is 5.91 Å². The van der Waals surface area contributed by atoms with Gasteiger partial charge in [-0.3, -0.25) is 4.79 Å². The molecule has 1 aliphatic heterocycles. The van der Waals surface area contributed by atoms with E-state index in [0.717, 1.165) is 31.6 Å². The zero-order chi connectivity index (χ0) is 12.7. The number of carbonyl (C=O) groups excluding carboxylic acids is 1. The highest BCUT2D eigenvalue weighted by Gasteiger charge is 2.22. The molecule has 1 aromatic rings. The Morgan fingerprint density at radius 2 is 2.00 bits per heavy atom. The summed E-state index contributed by atoms with van der Waals surface area (Å²) < 4.78 is 0. The standard InChI is InChI=1S/C11H15N3O.C2H6/c1-9(15)14-6-3-10(4-7-14)11-2-5-12-8-13-11;1-2/h2,5,8,10H,3-4,6-7H2,1H3;1-2H3. The normalized spacial score (nSPS) is 16.1. The molecule has 1 fully saturated rings. The van der Waals surface area contributed by atoms with Crippen LogP contribution >= 0.6 is 0 Å². The average molecular weight is 235 g/mol. The maximum Gasteiger partial charge on any atom is 0.219 e. The Kier molecular flexibility index (Phi) is 5.60. The van der Waals surface area contributed by atoms with Crippen LogP contribution in [0.5, 0.6) is 0 Å². The van der Waals surface area contributed by atoms with Gasteiger partial charge in [0.2, 0.25) is 5.91 Å². The molecule has 2 heterocycles. The maximum absolute atomic E-state index is 11.1. The van der Waals surface area contributed by atoms with Crippen LogP contribution < -0.4 is 0 Å². The molecule has 0 spiro atoms. The topological polar surface area (TPSA) is 46.1 Å². The van der Waals surface area contributed by atoms with E-state index >= 15 is 0 Å². The van der Waals surface area contributed by atoms with Crippen molar-refractivity contribution in [2.75, 3.05) is 13.1 Å². The summed E-state index contributed by atoms with van der Waals surface area (Å²) in [6.45, 7) is 7.33. The van der Waals surface area contributed by atoms with Gasteiger partial charge in [-0.15, -0.1) is 0 Å². The zero-order valence-electron chi connectivity index (χ0n) is 10.9. The van der Waals surface area contributed by atoms with Crippen LogP contribution in [0.3, 0.4) is 0 Å². The lowest BCUT2D eigenvalue weighted by Crippen LogP contribution is -2.36. The van der Waals surface area contributed by atoms with E-state index in [1.807, 2.05) is 24.8 Å². The second kappa shape index (κ2) is 6.99. The maximum atomic E-state index is 11.1. The highest BCUT2D eigenvalue weighted by Crippen LogP contribution is 2.25. The predicted octanol–water partition coefficient (Wildman–Crippen LogP) is 2.23. The summed E-state index contributed by atoms with van der Waals surface area (Å²) in [7, 11) is 0. The highest BCUT2D eigenvalue weighted by atomic mass is 16.2. The molecule has 4 heteroatoms. The number of amides is 1. The molecule has 0 bridgehead atoms. The number of nitrogens with zero attached hydrogens (tertiary/aromatic N) is 3. The van der Waals surface area contributed by atoms with Crippen molar-refractivity contribution < 1.29 is 4.79 Å². The minimum atomic E-state index is 0.177. The van der Waals surface area contributed by atoms with Gasteiger partial charge in [0.25, 0.3) is 0 Å². The van der Waals surface area contributed by atoms with Crippen molar-refractivity contribution in [2.24, 2.45) is 0 Å². The van der Waals surface area contributed by atoms with Crippen molar-refractivity contribution in [3.63, 3.8) is 0 Å². The number of likely N-dealkylation sites (tertiary alicyclic amines) is 1. The fraction of sp³-hybridized carbons (Fsp3) is 0.615. The van der Waals surface area contributed by atoms with Crippen LogP contribution in [-0.2, 0) is 4.79 Å². The van der Waals surface area contributed by atoms with E-state index < -0.39 is 0 Å². The number of aromatic nitrogens is 2. The van der Waals surface area contributed by atoms with E-state index in [4.69, 9.17) is 0 Å². The second-order valence-corrected chi connectivity index (χ2v) is 3.91. The first-order chi connectivity index (χ1) is 8.27. The van der Waals surface area contributed by atoms with E-state index in [9.17, 15) is 4.79 Å². The van der Waals surface area contributed by atoms with Gasteiger partial charge in [0.15, 0.2) is 0 Å². The van der Waals surface area contributed by atoms with Crippen molar-refractivity contribution in [2.45, 2.75) is 39.5 Å².